The Morgan fingerprint density at radius 3 is 2.50 bits per heavy atom. The molecule has 1 aliphatic heterocycles. The highest BCUT2D eigenvalue weighted by atomic mass is 16.6. The monoisotopic (exact) mass is 276 g/mol. The smallest absolute Gasteiger partial charge is 0.410 e. The third kappa shape index (κ3) is 2.93. The number of carbonyl (C=O) groups excluding carboxylic acids is 1. The van der Waals surface area contributed by atoms with Crippen LogP contribution in [0.15, 0.2) is 12.4 Å². The molecule has 0 aliphatic carbocycles. The van der Waals surface area contributed by atoms with E-state index in [1.807, 2.05) is 20.8 Å². The van der Waals surface area contributed by atoms with Crippen molar-refractivity contribution in [3.8, 4) is 12.3 Å². The highest BCUT2D eigenvalue weighted by molar-refractivity contribution is 5.68. The number of hydrogen-bond acceptors (Lipinski definition) is 4. The quantitative estimate of drug-likeness (QED) is 0.732. The Hall–Kier alpha value is -2.03. The molecule has 0 aromatic carbocycles. The van der Waals surface area contributed by atoms with E-state index in [9.17, 15) is 4.79 Å². The Balaban J connectivity index is 2.02. The van der Waals surface area contributed by atoms with Crippen molar-refractivity contribution >= 4 is 6.09 Å². The molecule has 1 aromatic rings. The lowest BCUT2D eigenvalue weighted by atomic mass is 9.88. The molecule has 0 radical (unpaired) electrons. The van der Waals surface area contributed by atoms with Crippen molar-refractivity contribution in [1.82, 2.24) is 19.9 Å². The van der Waals surface area contributed by atoms with Crippen LogP contribution in [0.3, 0.4) is 0 Å². The van der Waals surface area contributed by atoms with Crippen molar-refractivity contribution in [2.45, 2.75) is 44.8 Å². The summed E-state index contributed by atoms with van der Waals surface area (Å²) in [6, 6.07) is 0. The third-order valence-electron chi connectivity index (χ3n) is 3.37. The molecule has 1 aliphatic rings. The van der Waals surface area contributed by atoms with Gasteiger partial charge in [-0.1, -0.05) is 11.1 Å². The van der Waals surface area contributed by atoms with Gasteiger partial charge in [0.2, 0.25) is 0 Å². The number of nitrogens with zero attached hydrogens (tertiary/aromatic N) is 4. The summed E-state index contributed by atoms with van der Waals surface area (Å²) < 4.78 is 7.08. The lowest BCUT2D eigenvalue weighted by Gasteiger charge is -2.38. The van der Waals surface area contributed by atoms with Crippen molar-refractivity contribution in [1.29, 1.82) is 0 Å². The van der Waals surface area contributed by atoms with Gasteiger partial charge in [-0.3, -0.25) is 0 Å². The molecule has 6 nitrogen and oxygen atoms in total. The molecule has 20 heavy (non-hydrogen) atoms. The Labute approximate surface area is 119 Å². The number of aromatic nitrogens is 3. The SMILES string of the molecule is C#CC1(n2ccnn2)CCN(C(=O)OC(C)(C)C)CC1. The molecule has 0 bridgehead atoms. The molecule has 108 valence electrons. The number of ether oxygens (including phenoxy) is 1. The summed E-state index contributed by atoms with van der Waals surface area (Å²) in [5.74, 6) is 2.81. The second-order valence-corrected chi connectivity index (χ2v) is 5.99. The summed E-state index contributed by atoms with van der Waals surface area (Å²) in [6.45, 7) is 6.68. The van der Waals surface area contributed by atoms with E-state index in [0.29, 0.717) is 25.9 Å². The zero-order chi connectivity index (χ0) is 14.8. The maximum absolute atomic E-state index is 12.0. The molecular weight excluding hydrogens is 256 g/mol. The molecule has 0 saturated carbocycles. The van der Waals surface area contributed by atoms with Gasteiger partial charge in [0.05, 0.1) is 6.20 Å². The Bertz CT molecular complexity index is 502. The van der Waals surface area contributed by atoms with Crippen LogP contribution in [0.4, 0.5) is 4.79 Å². The number of likely N-dealkylation sites (tertiary alicyclic amines) is 1. The van der Waals surface area contributed by atoms with E-state index in [0.717, 1.165) is 0 Å². The minimum atomic E-state index is -0.491. The fourth-order valence-electron chi connectivity index (χ4n) is 2.26. The summed E-state index contributed by atoms with van der Waals surface area (Å²) in [5.41, 5.74) is -0.974. The molecule has 0 N–H and O–H groups in total. The zero-order valence-electron chi connectivity index (χ0n) is 12.2. The number of carbonyl (C=O) groups is 1. The first kappa shape index (κ1) is 14.4. The average Bonchev–Trinajstić information content (AvgIpc) is 2.91. The van der Waals surface area contributed by atoms with Crippen LogP contribution in [0.2, 0.25) is 0 Å². The van der Waals surface area contributed by atoms with Crippen molar-refractivity contribution in [2.24, 2.45) is 0 Å². The van der Waals surface area contributed by atoms with E-state index in [1.165, 1.54) is 0 Å². The van der Waals surface area contributed by atoms with Crippen molar-refractivity contribution < 1.29 is 9.53 Å². The van der Waals surface area contributed by atoms with Gasteiger partial charge in [0.25, 0.3) is 0 Å². The van der Waals surface area contributed by atoms with Crippen LogP contribution in [0, 0.1) is 12.3 Å². The van der Waals surface area contributed by atoms with Crippen LogP contribution in [-0.2, 0) is 10.3 Å². The summed E-state index contributed by atoms with van der Waals surface area (Å²) in [4.78, 5) is 13.7. The van der Waals surface area contributed by atoms with Crippen molar-refractivity contribution in [3.05, 3.63) is 12.4 Å². The van der Waals surface area contributed by atoms with Gasteiger partial charge in [-0.25, -0.2) is 9.48 Å². The zero-order valence-corrected chi connectivity index (χ0v) is 12.2. The van der Waals surface area contributed by atoms with E-state index in [4.69, 9.17) is 11.2 Å². The molecule has 1 aromatic heterocycles. The topological polar surface area (TPSA) is 60.2 Å². The standard InChI is InChI=1S/C14H20N4O2/c1-5-14(18-11-8-15-16-18)6-9-17(10-7-14)12(19)20-13(2,3)4/h1,8,11H,6-7,9-10H2,2-4H3. The second kappa shape index (κ2) is 5.16. The number of hydrogen-bond donors (Lipinski definition) is 0. The molecule has 2 rings (SSSR count). The van der Waals surface area contributed by atoms with Crippen LogP contribution < -0.4 is 0 Å². The van der Waals surface area contributed by atoms with E-state index in [2.05, 4.69) is 16.2 Å². The molecule has 1 amide bonds. The molecule has 0 unspecified atom stereocenters. The van der Waals surface area contributed by atoms with Crippen LogP contribution >= 0.6 is 0 Å². The predicted molar refractivity (Wildman–Crippen MR) is 73.9 cm³/mol. The summed E-state index contributed by atoms with van der Waals surface area (Å²) >= 11 is 0. The minimum absolute atomic E-state index is 0.290. The fourth-order valence-corrected chi connectivity index (χ4v) is 2.26. The van der Waals surface area contributed by atoms with Gasteiger partial charge in [-0.15, -0.1) is 11.5 Å². The molecular formula is C14H20N4O2. The third-order valence-corrected chi connectivity index (χ3v) is 3.37. The molecule has 0 spiro atoms. The Kier molecular flexibility index (Phi) is 3.71. The van der Waals surface area contributed by atoms with Gasteiger partial charge in [-0.2, -0.15) is 0 Å². The molecule has 1 saturated heterocycles. The van der Waals surface area contributed by atoms with Crippen LogP contribution in [0.1, 0.15) is 33.6 Å². The second-order valence-electron chi connectivity index (χ2n) is 5.99. The molecule has 0 atom stereocenters. The Morgan fingerprint density at radius 1 is 1.40 bits per heavy atom. The summed E-state index contributed by atoms with van der Waals surface area (Å²) in [6.07, 6.45) is 10.1. The van der Waals surface area contributed by atoms with Crippen LogP contribution in [-0.4, -0.2) is 44.7 Å². The highest BCUT2D eigenvalue weighted by Gasteiger charge is 2.37. The van der Waals surface area contributed by atoms with Gasteiger partial charge >= 0.3 is 6.09 Å². The van der Waals surface area contributed by atoms with Gasteiger partial charge in [0.15, 0.2) is 0 Å². The number of amides is 1. The van der Waals surface area contributed by atoms with E-state index >= 15 is 0 Å². The molecule has 1 fully saturated rings. The summed E-state index contributed by atoms with van der Waals surface area (Å²) in [5, 5.41) is 7.81. The van der Waals surface area contributed by atoms with Gasteiger partial charge in [0.1, 0.15) is 11.1 Å². The largest absolute Gasteiger partial charge is 0.444 e. The number of piperidine rings is 1. The highest BCUT2D eigenvalue weighted by Crippen LogP contribution is 2.29. The summed E-state index contributed by atoms with van der Waals surface area (Å²) in [7, 11) is 0. The van der Waals surface area contributed by atoms with Crippen molar-refractivity contribution in [3.63, 3.8) is 0 Å². The van der Waals surface area contributed by atoms with Crippen LogP contribution in [0.5, 0.6) is 0 Å². The van der Waals surface area contributed by atoms with Crippen molar-refractivity contribution in [2.75, 3.05) is 13.1 Å². The first-order valence-corrected chi connectivity index (χ1v) is 6.69. The average molecular weight is 276 g/mol. The lowest BCUT2D eigenvalue weighted by Crippen LogP contribution is -2.48. The minimum Gasteiger partial charge on any atom is -0.444 e. The lowest BCUT2D eigenvalue weighted by molar-refractivity contribution is 0.0149. The normalized spacial score (nSPS) is 18.4. The van der Waals surface area contributed by atoms with E-state index in [1.54, 1.807) is 22.0 Å². The number of terminal acetylenes is 1. The number of rotatable bonds is 1. The molecule has 6 heteroatoms. The van der Waals surface area contributed by atoms with E-state index in [-0.39, 0.29) is 6.09 Å². The Morgan fingerprint density at radius 2 is 2.05 bits per heavy atom. The molecule has 2 heterocycles. The maximum atomic E-state index is 12.0. The van der Waals surface area contributed by atoms with E-state index < -0.39 is 11.1 Å². The van der Waals surface area contributed by atoms with Gasteiger partial charge < -0.3 is 9.64 Å². The predicted octanol–water partition coefficient (Wildman–Crippen LogP) is 1.64. The fraction of sp³-hybridized carbons (Fsp3) is 0.643. The first-order chi connectivity index (χ1) is 9.36. The van der Waals surface area contributed by atoms with Gasteiger partial charge in [-0.05, 0) is 20.8 Å². The first-order valence-electron chi connectivity index (χ1n) is 6.69. The van der Waals surface area contributed by atoms with Gasteiger partial charge in [0, 0.05) is 32.1 Å². The van der Waals surface area contributed by atoms with Crippen LogP contribution in [0.25, 0.3) is 0 Å². The maximum Gasteiger partial charge on any atom is 0.410 e.